The molecule has 0 radical (unpaired) electrons. The molecule has 0 bridgehead atoms. The second-order valence-electron chi connectivity index (χ2n) is 7.97. The molecule has 1 nitrogen and oxygen atoms in total. The second kappa shape index (κ2) is 14.2. The molecule has 0 spiro atoms. The molecule has 24 heavy (non-hydrogen) atoms. The zero-order chi connectivity index (χ0) is 17.9. The van der Waals surface area contributed by atoms with Gasteiger partial charge in [0.05, 0.1) is 0 Å². The third-order valence-electron chi connectivity index (χ3n) is 6.25. The predicted molar refractivity (Wildman–Crippen MR) is 112 cm³/mol. The molecule has 148 valence electrons. The van der Waals surface area contributed by atoms with Gasteiger partial charge in [-0.3, -0.25) is 0 Å². The molecule has 0 aromatic heterocycles. The van der Waals surface area contributed by atoms with Crippen LogP contribution in [0.3, 0.4) is 0 Å². The summed E-state index contributed by atoms with van der Waals surface area (Å²) in [5.41, 5.74) is 0.646. The Balaban J connectivity index is 0. The lowest BCUT2D eigenvalue weighted by molar-refractivity contribution is 0.0415. The Morgan fingerprint density at radius 1 is 0.583 bits per heavy atom. The van der Waals surface area contributed by atoms with Crippen LogP contribution in [0.2, 0.25) is 0 Å². The van der Waals surface area contributed by atoms with Crippen molar-refractivity contribution in [2.75, 3.05) is 0 Å². The molecule has 0 heterocycles. The smallest absolute Gasteiger partial charge is 0.0350 e. The van der Waals surface area contributed by atoms with Crippen molar-refractivity contribution in [1.82, 2.24) is 0 Å². The van der Waals surface area contributed by atoms with Crippen LogP contribution in [0.15, 0.2) is 0 Å². The van der Waals surface area contributed by atoms with Crippen LogP contribution in [-0.2, 0) is 0 Å². The molecule has 2 N–H and O–H groups in total. The summed E-state index contributed by atoms with van der Waals surface area (Å²) < 4.78 is 0. The highest BCUT2D eigenvalue weighted by Gasteiger charge is 2.43. The lowest BCUT2D eigenvalue weighted by Crippen LogP contribution is -2.36. The van der Waals surface area contributed by atoms with Gasteiger partial charge in [-0.15, -0.1) is 0 Å². The van der Waals surface area contributed by atoms with E-state index in [1.165, 1.54) is 19.3 Å². The molecule has 0 aromatic rings. The van der Waals surface area contributed by atoms with E-state index in [0.717, 1.165) is 23.7 Å². The third kappa shape index (κ3) is 7.46. The van der Waals surface area contributed by atoms with Crippen LogP contribution < -0.4 is 0 Å². The maximum absolute atomic E-state index is 2.52. The van der Waals surface area contributed by atoms with E-state index in [2.05, 4.69) is 13.8 Å². The van der Waals surface area contributed by atoms with Crippen molar-refractivity contribution in [3.63, 3.8) is 0 Å². The van der Waals surface area contributed by atoms with Crippen LogP contribution in [0.25, 0.3) is 0 Å². The van der Waals surface area contributed by atoms with Crippen molar-refractivity contribution < 1.29 is 5.48 Å². The summed E-state index contributed by atoms with van der Waals surface area (Å²) in [6.45, 7) is 17.0. The average Bonchev–Trinajstić information content (AvgIpc) is 2.79. The molecule has 1 heteroatoms. The summed E-state index contributed by atoms with van der Waals surface area (Å²) in [4.78, 5) is 0. The Morgan fingerprint density at radius 2 is 1.04 bits per heavy atom. The molecule has 3 saturated carbocycles. The lowest BCUT2D eigenvalue weighted by atomic mass is 9.59. The largest absolute Gasteiger partial charge is 0.412 e. The summed E-state index contributed by atoms with van der Waals surface area (Å²) in [7, 11) is 0. The summed E-state index contributed by atoms with van der Waals surface area (Å²) in [6.07, 6.45) is 15.4. The lowest BCUT2D eigenvalue weighted by Gasteiger charge is -2.46. The van der Waals surface area contributed by atoms with Crippen molar-refractivity contribution >= 4 is 0 Å². The predicted octanol–water partition coefficient (Wildman–Crippen LogP) is 7.67. The minimum absolute atomic E-state index is 0. The molecule has 0 aromatic carbocycles. The fourth-order valence-corrected chi connectivity index (χ4v) is 5.36. The van der Waals surface area contributed by atoms with Crippen molar-refractivity contribution in [2.24, 2.45) is 29.1 Å². The maximum Gasteiger partial charge on any atom is -0.0350 e. The first-order valence-corrected chi connectivity index (χ1v) is 11.2. The minimum atomic E-state index is 0. The molecule has 4 unspecified atom stereocenters. The zero-order valence-electron chi connectivity index (χ0n) is 18.4. The summed E-state index contributed by atoms with van der Waals surface area (Å²) in [5.74, 6) is 4.45. The molecule has 3 aliphatic carbocycles. The normalized spacial score (nSPS) is 33.0. The van der Waals surface area contributed by atoms with E-state index in [1.807, 2.05) is 41.5 Å². The molecule has 3 fully saturated rings. The Kier molecular flexibility index (Phi) is 15.5. The van der Waals surface area contributed by atoms with Gasteiger partial charge in [-0.05, 0) is 54.8 Å². The molecular weight excluding hydrogens is 292 g/mol. The molecular formula is C23H50O. The maximum atomic E-state index is 2.52. The molecule has 4 atom stereocenters. The summed E-state index contributed by atoms with van der Waals surface area (Å²) in [6, 6.07) is 0. The van der Waals surface area contributed by atoms with Gasteiger partial charge >= 0.3 is 0 Å². The van der Waals surface area contributed by atoms with Crippen LogP contribution in [-0.4, -0.2) is 5.48 Å². The van der Waals surface area contributed by atoms with Gasteiger partial charge < -0.3 is 5.48 Å². The van der Waals surface area contributed by atoms with E-state index in [0.29, 0.717) is 5.41 Å². The van der Waals surface area contributed by atoms with Gasteiger partial charge in [0.25, 0.3) is 0 Å². The number of fused-ring (bicyclic) bond motifs is 3. The van der Waals surface area contributed by atoms with Gasteiger partial charge in [-0.2, -0.15) is 0 Å². The first-order chi connectivity index (χ1) is 11.2. The van der Waals surface area contributed by atoms with Crippen LogP contribution in [0, 0.1) is 29.1 Å². The van der Waals surface area contributed by atoms with Crippen molar-refractivity contribution in [2.45, 2.75) is 120 Å². The third-order valence-corrected chi connectivity index (χ3v) is 6.25. The highest BCUT2D eigenvalue weighted by Crippen LogP contribution is 2.53. The number of rotatable bonds is 0. The highest BCUT2D eigenvalue weighted by atomic mass is 16.0. The number of hydrogen-bond donors (Lipinski definition) is 0. The van der Waals surface area contributed by atoms with Gasteiger partial charge in [0, 0.05) is 0 Å². The second-order valence-corrected chi connectivity index (χ2v) is 7.97. The van der Waals surface area contributed by atoms with Crippen molar-refractivity contribution in [3.8, 4) is 0 Å². The van der Waals surface area contributed by atoms with E-state index >= 15 is 0 Å². The Hall–Kier alpha value is -0.0400. The first-order valence-electron chi connectivity index (χ1n) is 11.2. The zero-order valence-corrected chi connectivity index (χ0v) is 18.4. The molecule has 0 aliphatic heterocycles. The summed E-state index contributed by atoms with van der Waals surface area (Å²) in [5, 5.41) is 0. The van der Waals surface area contributed by atoms with Crippen LogP contribution in [0.1, 0.15) is 120 Å². The van der Waals surface area contributed by atoms with E-state index in [-0.39, 0.29) is 5.48 Å². The van der Waals surface area contributed by atoms with E-state index < -0.39 is 0 Å². The van der Waals surface area contributed by atoms with Crippen molar-refractivity contribution in [3.05, 3.63) is 0 Å². The SMILES string of the molecule is CC.CC.CC.CC1(C)CCC2CCCC3CCCCC3C2C1.O. The highest BCUT2D eigenvalue weighted by molar-refractivity contribution is 4.93. The quantitative estimate of drug-likeness (QED) is 0.432. The van der Waals surface area contributed by atoms with Crippen LogP contribution in [0.4, 0.5) is 0 Å². The van der Waals surface area contributed by atoms with Crippen molar-refractivity contribution in [1.29, 1.82) is 0 Å². The number of hydrogen-bond acceptors (Lipinski definition) is 0. The molecule has 3 rings (SSSR count). The van der Waals surface area contributed by atoms with Gasteiger partial charge in [0.1, 0.15) is 0 Å². The Morgan fingerprint density at radius 3 is 1.62 bits per heavy atom. The van der Waals surface area contributed by atoms with E-state index in [1.54, 1.807) is 44.9 Å². The van der Waals surface area contributed by atoms with E-state index in [9.17, 15) is 0 Å². The Bertz CT molecular complexity index is 271. The monoisotopic (exact) mass is 342 g/mol. The fourth-order valence-electron chi connectivity index (χ4n) is 5.36. The molecule has 0 amide bonds. The standard InChI is InChI=1S/C17H30.3C2H6.H2O/c1-17(2)11-10-14-8-5-7-13-6-3-4-9-15(13)16(14)12-17;3*1-2;/h13-16H,3-12H2,1-2H3;3*1-2H3;1H2. The van der Waals surface area contributed by atoms with E-state index in [4.69, 9.17) is 0 Å². The first kappa shape index (κ1) is 26.2. The molecule has 0 saturated heterocycles. The van der Waals surface area contributed by atoms with Crippen LogP contribution in [0.5, 0.6) is 0 Å². The topological polar surface area (TPSA) is 31.5 Å². The van der Waals surface area contributed by atoms with Gasteiger partial charge in [0.15, 0.2) is 0 Å². The van der Waals surface area contributed by atoms with Gasteiger partial charge in [-0.1, -0.05) is 93.9 Å². The summed E-state index contributed by atoms with van der Waals surface area (Å²) >= 11 is 0. The fraction of sp³-hybridized carbons (Fsp3) is 1.00. The Labute approximate surface area is 154 Å². The van der Waals surface area contributed by atoms with Crippen LogP contribution >= 0.6 is 0 Å². The van der Waals surface area contributed by atoms with Gasteiger partial charge in [0.2, 0.25) is 0 Å². The molecule has 3 aliphatic rings. The minimum Gasteiger partial charge on any atom is -0.412 e. The van der Waals surface area contributed by atoms with Gasteiger partial charge in [-0.25, -0.2) is 0 Å². The average molecular weight is 343 g/mol.